The summed E-state index contributed by atoms with van der Waals surface area (Å²) in [7, 11) is 0. The Morgan fingerprint density at radius 1 is 1.38 bits per heavy atom. The van der Waals surface area contributed by atoms with Crippen LogP contribution in [0.4, 0.5) is 0 Å². The smallest absolute Gasteiger partial charge is 0.328 e. The van der Waals surface area contributed by atoms with Crippen LogP contribution in [0.2, 0.25) is 0 Å². The van der Waals surface area contributed by atoms with Gasteiger partial charge in [-0.2, -0.15) is 0 Å². The lowest BCUT2D eigenvalue weighted by atomic mass is 10.1. The maximum Gasteiger partial charge on any atom is 0.328 e. The number of hydrogen-bond acceptors (Lipinski definition) is 4. The molecule has 6 heteroatoms. The quantitative estimate of drug-likeness (QED) is 0.798. The van der Waals surface area contributed by atoms with Gasteiger partial charge in [0, 0.05) is 6.92 Å². The molecular weight excluding hydrogens is 212 g/mol. The lowest BCUT2D eigenvalue weighted by Gasteiger charge is -2.20. The number of carbonyl (C=O) groups is 2. The molecule has 0 aliphatic rings. The average molecular weight is 226 g/mol. The van der Waals surface area contributed by atoms with Crippen LogP contribution in [0.3, 0.4) is 0 Å². The lowest BCUT2D eigenvalue weighted by molar-refractivity contribution is -0.143. The van der Waals surface area contributed by atoms with Crippen molar-refractivity contribution in [1.82, 2.24) is 10.3 Å². The summed E-state index contributed by atoms with van der Waals surface area (Å²) in [5, 5.41) is 11.2. The highest BCUT2D eigenvalue weighted by Crippen LogP contribution is 2.11. The lowest BCUT2D eigenvalue weighted by Crippen LogP contribution is -2.49. The molecule has 0 saturated carbocycles. The van der Waals surface area contributed by atoms with Crippen LogP contribution >= 0.6 is 0 Å². The molecule has 1 rings (SSSR count). The Morgan fingerprint density at radius 2 is 1.94 bits per heavy atom. The standard InChI is InChI=1S/C10H14N2O4/c1-5-7(16-6(2)11-5)8(13)12-10(3,4)9(14)15/h1-4H3,(H,12,13)(H,14,15). The van der Waals surface area contributed by atoms with Gasteiger partial charge in [0.1, 0.15) is 5.54 Å². The third-order valence-electron chi connectivity index (χ3n) is 2.07. The van der Waals surface area contributed by atoms with Gasteiger partial charge in [-0.1, -0.05) is 0 Å². The first-order valence-electron chi connectivity index (χ1n) is 4.74. The van der Waals surface area contributed by atoms with E-state index in [1.54, 1.807) is 13.8 Å². The van der Waals surface area contributed by atoms with Gasteiger partial charge in [0.2, 0.25) is 5.76 Å². The third-order valence-corrected chi connectivity index (χ3v) is 2.07. The number of carboxylic acid groups (broad SMARTS) is 1. The molecule has 2 N–H and O–H groups in total. The van der Waals surface area contributed by atoms with E-state index in [-0.39, 0.29) is 5.76 Å². The third kappa shape index (κ3) is 2.39. The first kappa shape index (κ1) is 12.2. The molecule has 0 fully saturated rings. The van der Waals surface area contributed by atoms with Crippen molar-refractivity contribution < 1.29 is 19.1 Å². The van der Waals surface area contributed by atoms with Gasteiger partial charge in [-0.15, -0.1) is 0 Å². The van der Waals surface area contributed by atoms with Crippen LogP contribution in [0.1, 0.15) is 36.0 Å². The minimum Gasteiger partial charge on any atom is -0.480 e. The molecular formula is C10H14N2O4. The molecule has 16 heavy (non-hydrogen) atoms. The molecule has 1 heterocycles. The molecule has 1 aromatic heterocycles. The van der Waals surface area contributed by atoms with E-state index >= 15 is 0 Å². The molecule has 0 saturated heterocycles. The van der Waals surface area contributed by atoms with Crippen LogP contribution in [0.5, 0.6) is 0 Å². The predicted molar refractivity (Wildman–Crippen MR) is 55.2 cm³/mol. The highest BCUT2D eigenvalue weighted by atomic mass is 16.4. The number of carboxylic acids is 1. The SMILES string of the molecule is Cc1nc(C)c(C(=O)NC(C)(C)C(=O)O)o1. The topological polar surface area (TPSA) is 92.4 Å². The van der Waals surface area contributed by atoms with E-state index in [0.717, 1.165) is 0 Å². The zero-order chi connectivity index (χ0) is 12.5. The number of nitrogens with one attached hydrogen (secondary N) is 1. The van der Waals surface area contributed by atoms with Gasteiger partial charge in [-0.3, -0.25) is 4.79 Å². The number of hydrogen-bond donors (Lipinski definition) is 2. The number of aryl methyl sites for hydroxylation is 2. The van der Waals surface area contributed by atoms with Gasteiger partial charge in [0.25, 0.3) is 5.91 Å². The monoisotopic (exact) mass is 226 g/mol. The highest BCUT2D eigenvalue weighted by molar-refractivity contribution is 5.96. The minimum atomic E-state index is -1.34. The van der Waals surface area contributed by atoms with Crippen molar-refractivity contribution in [2.24, 2.45) is 0 Å². The second-order valence-electron chi connectivity index (χ2n) is 4.03. The fourth-order valence-corrected chi connectivity index (χ4v) is 1.14. The molecule has 6 nitrogen and oxygen atoms in total. The average Bonchev–Trinajstić information content (AvgIpc) is 2.44. The van der Waals surface area contributed by atoms with Crippen molar-refractivity contribution >= 4 is 11.9 Å². The van der Waals surface area contributed by atoms with Crippen LogP contribution in [0, 0.1) is 13.8 Å². The number of oxazole rings is 1. The number of rotatable bonds is 3. The number of nitrogens with zero attached hydrogens (tertiary/aromatic N) is 1. The van der Waals surface area contributed by atoms with Crippen molar-refractivity contribution in [2.75, 3.05) is 0 Å². The molecule has 0 aliphatic heterocycles. The predicted octanol–water partition coefficient (Wildman–Crippen LogP) is 0.884. The summed E-state index contributed by atoms with van der Waals surface area (Å²) in [5.41, 5.74) is -0.902. The minimum absolute atomic E-state index is 0.0480. The van der Waals surface area contributed by atoms with Gasteiger partial charge < -0.3 is 14.8 Å². The Balaban J connectivity index is 2.89. The number of carbonyl (C=O) groups excluding carboxylic acids is 1. The second kappa shape index (κ2) is 3.96. The van der Waals surface area contributed by atoms with Gasteiger partial charge in [0.05, 0.1) is 5.69 Å². The summed E-state index contributed by atoms with van der Waals surface area (Å²) < 4.78 is 5.09. The molecule has 0 spiro atoms. The second-order valence-corrected chi connectivity index (χ2v) is 4.03. The zero-order valence-electron chi connectivity index (χ0n) is 9.62. The van der Waals surface area contributed by atoms with E-state index in [1.807, 2.05) is 0 Å². The Morgan fingerprint density at radius 3 is 2.31 bits per heavy atom. The molecule has 1 aromatic rings. The summed E-state index contributed by atoms with van der Waals surface area (Å²) in [6.45, 7) is 6.03. The fourth-order valence-electron chi connectivity index (χ4n) is 1.14. The summed E-state index contributed by atoms with van der Waals surface area (Å²) >= 11 is 0. The Labute approximate surface area is 92.7 Å². The van der Waals surface area contributed by atoms with Gasteiger partial charge in [0.15, 0.2) is 5.89 Å². The summed E-state index contributed by atoms with van der Waals surface area (Å²) in [6, 6.07) is 0. The van der Waals surface area contributed by atoms with E-state index in [0.29, 0.717) is 11.6 Å². The Hall–Kier alpha value is -1.85. The van der Waals surface area contributed by atoms with Gasteiger partial charge in [-0.05, 0) is 20.8 Å². The Kier molecular flexibility index (Phi) is 3.02. The van der Waals surface area contributed by atoms with E-state index < -0.39 is 17.4 Å². The first-order valence-corrected chi connectivity index (χ1v) is 4.74. The van der Waals surface area contributed by atoms with Crippen molar-refractivity contribution in [2.45, 2.75) is 33.2 Å². The van der Waals surface area contributed by atoms with Crippen molar-refractivity contribution in [3.05, 3.63) is 17.3 Å². The fraction of sp³-hybridized carbons (Fsp3) is 0.500. The number of amides is 1. The molecule has 0 unspecified atom stereocenters. The summed E-state index contributed by atoms with van der Waals surface area (Å²) in [5.74, 6) is -1.28. The number of aromatic nitrogens is 1. The normalized spacial score (nSPS) is 11.2. The van der Waals surface area contributed by atoms with Gasteiger partial charge >= 0.3 is 5.97 Å². The van der Waals surface area contributed by atoms with Crippen molar-refractivity contribution in [3.8, 4) is 0 Å². The van der Waals surface area contributed by atoms with Gasteiger partial charge in [-0.25, -0.2) is 9.78 Å². The van der Waals surface area contributed by atoms with Crippen LogP contribution in [0.25, 0.3) is 0 Å². The Bertz CT molecular complexity index is 434. The maximum atomic E-state index is 11.7. The van der Waals surface area contributed by atoms with Crippen LogP contribution in [-0.2, 0) is 4.79 Å². The van der Waals surface area contributed by atoms with E-state index in [1.165, 1.54) is 13.8 Å². The zero-order valence-corrected chi connectivity index (χ0v) is 9.62. The highest BCUT2D eigenvalue weighted by Gasteiger charge is 2.31. The molecule has 1 amide bonds. The first-order chi connectivity index (χ1) is 7.24. The van der Waals surface area contributed by atoms with Crippen molar-refractivity contribution in [3.63, 3.8) is 0 Å². The molecule has 0 aromatic carbocycles. The van der Waals surface area contributed by atoms with Crippen LogP contribution in [-0.4, -0.2) is 27.5 Å². The van der Waals surface area contributed by atoms with Crippen LogP contribution < -0.4 is 5.32 Å². The summed E-state index contributed by atoms with van der Waals surface area (Å²) in [6.07, 6.45) is 0. The van der Waals surface area contributed by atoms with Crippen LogP contribution in [0.15, 0.2) is 4.42 Å². The number of aliphatic carboxylic acids is 1. The molecule has 0 aliphatic carbocycles. The summed E-state index contributed by atoms with van der Waals surface area (Å²) in [4.78, 5) is 26.4. The van der Waals surface area contributed by atoms with E-state index in [9.17, 15) is 9.59 Å². The van der Waals surface area contributed by atoms with Crippen molar-refractivity contribution in [1.29, 1.82) is 0 Å². The van der Waals surface area contributed by atoms with E-state index in [4.69, 9.17) is 9.52 Å². The molecule has 0 radical (unpaired) electrons. The van der Waals surface area contributed by atoms with E-state index in [2.05, 4.69) is 10.3 Å². The molecule has 88 valence electrons. The molecule has 0 bridgehead atoms. The largest absolute Gasteiger partial charge is 0.480 e. The molecule has 0 atom stereocenters. The maximum absolute atomic E-state index is 11.7.